The van der Waals surface area contributed by atoms with E-state index in [1.807, 2.05) is 6.92 Å². The summed E-state index contributed by atoms with van der Waals surface area (Å²) < 4.78 is 19.9. The number of halogens is 1. The van der Waals surface area contributed by atoms with Crippen LogP contribution < -0.4 is 5.32 Å². The molecule has 2 heterocycles. The van der Waals surface area contributed by atoms with Crippen LogP contribution in [0.1, 0.15) is 11.3 Å². The SMILES string of the molecule is Cc1cc(-c2nnc(NC(=O)Cc3ccc(F)cc3)o2)n(C)n1. The number of benzene rings is 1. The predicted octanol–water partition coefficient (Wildman–Crippen LogP) is 2.10. The molecule has 1 N–H and O–H groups in total. The molecular weight excluding hydrogens is 301 g/mol. The van der Waals surface area contributed by atoms with E-state index in [0.717, 1.165) is 5.69 Å². The first kappa shape index (κ1) is 14.9. The van der Waals surface area contributed by atoms with Crippen molar-refractivity contribution in [1.29, 1.82) is 0 Å². The first-order valence-corrected chi connectivity index (χ1v) is 6.90. The van der Waals surface area contributed by atoms with Gasteiger partial charge in [0.2, 0.25) is 5.91 Å². The van der Waals surface area contributed by atoms with Crippen LogP contribution in [-0.4, -0.2) is 25.9 Å². The average molecular weight is 315 g/mol. The summed E-state index contributed by atoms with van der Waals surface area (Å²) in [6, 6.07) is 7.51. The lowest BCUT2D eigenvalue weighted by molar-refractivity contribution is -0.115. The molecule has 2 aromatic heterocycles. The average Bonchev–Trinajstić information content (AvgIpc) is 3.07. The Kier molecular flexibility index (Phi) is 3.88. The second kappa shape index (κ2) is 5.99. The molecule has 3 aromatic rings. The highest BCUT2D eigenvalue weighted by molar-refractivity contribution is 5.90. The molecule has 0 aliphatic rings. The van der Waals surface area contributed by atoms with Crippen molar-refractivity contribution in [2.24, 2.45) is 7.05 Å². The highest BCUT2D eigenvalue weighted by Gasteiger charge is 2.15. The predicted molar refractivity (Wildman–Crippen MR) is 80.0 cm³/mol. The molecule has 7 nitrogen and oxygen atoms in total. The molecule has 8 heteroatoms. The third-order valence-electron chi connectivity index (χ3n) is 3.17. The Hall–Kier alpha value is -3.03. The van der Waals surface area contributed by atoms with Crippen molar-refractivity contribution in [2.45, 2.75) is 13.3 Å². The van der Waals surface area contributed by atoms with Gasteiger partial charge in [-0.25, -0.2) is 4.39 Å². The Morgan fingerprint density at radius 3 is 2.70 bits per heavy atom. The molecule has 23 heavy (non-hydrogen) atoms. The number of hydrogen-bond acceptors (Lipinski definition) is 5. The fourth-order valence-corrected chi connectivity index (χ4v) is 2.14. The van der Waals surface area contributed by atoms with Gasteiger partial charge >= 0.3 is 6.01 Å². The van der Waals surface area contributed by atoms with Crippen molar-refractivity contribution in [3.8, 4) is 11.6 Å². The van der Waals surface area contributed by atoms with E-state index in [1.54, 1.807) is 29.9 Å². The summed E-state index contributed by atoms with van der Waals surface area (Å²) >= 11 is 0. The molecule has 0 atom stereocenters. The topological polar surface area (TPSA) is 85.8 Å². The van der Waals surface area contributed by atoms with E-state index in [-0.39, 0.29) is 30.1 Å². The highest BCUT2D eigenvalue weighted by atomic mass is 19.1. The molecule has 1 amide bonds. The molecule has 0 spiro atoms. The molecule has 0 bridgehead atoms. The van der Waals surface area contributed by atoms with Crippen LogP contribution in [0.2, 0.25) is 0 Å². The van der Waals surface area contributed by atoms with Crippen LogP contribution in [0.3, 0.4) is 0 Å². The summed E-state index contributed by atoms with van der Waals surface area (Å²) in [7, 11) is 1.76. The van der Waals surface area contributed by atoms with Gasteiger partial charge in [0.1, 0.15) is 11.5 Å². The van der Waals surface area contributed by atoms with Gasteiger partial charge in [0.05, 0.1) is 12.1 Å². The van der Waals surface area contributed by atoms with E-state index in [2.05, 4.69) is 20.6 Å². The van der Waals surface area contributed by atoms with E-state index in [0.29, 0.717) is 11.3 Å². The number of nitrogens with one attached hydrogen (secondary N) is 1. The van der Waals surface area contributed by atoms with Crippen LogP contribution in [-0.2, 0) is 18.3 Å². The van der Waals surface area contributed by atoms with E-state index in [1.165, 1.54) is 12.1 Å². The van der Waals surface area contributed by atoms with Crippen molar-refractivity contribution in [1.82, 2.24) is 20.0 Å². The number of aromatic nitrogens is 4. The first-order valence-electron chi connectivity index (χ1n) is 6.90. The second-order valence-electron chi connectivity index (χ2n) is 5.06. The van der Waals surface area contributed by atoms with E-state index in [9.17, 15) is 9.18 Å². The van der Waals surface area contributed by atoms with Crippen molar-refractivity contribution >= 4 is 11.9 Å². The number of carbonyl (C=O) groups is 1. The maximum Gasteiger partial charge on any atom is 0.322 e. The summed E-state index contributed by atoms with van der Waals surface area (Å²) in [5.41, 5.74) is 2.17. The van der Waals surface area contributed by atoms with Crippen LogP contribution in [0, 0.1) is 12.7 Å². The summed E-state index contributed by atoms with van der Waals surface area (Å²) in [6.45, 7) is 1.85. The quantitative estimate of drug-likeness (QED) is 0.797. The van der Waals surface area contributed by atoms with Gasteiger partial charge < -0.3 is 4.42 Å². The molecule has 3 rings (SSSR count). The summed E-state index contributed by atoms with van der Waals surface area (Å²) in [6.07, 6.45) is 0.0861. The monoisotopic (exact) mass is 315 g/mol. The van der Waals surface area contributed by atoms with Crippen LogP contribution >= 0.6 is 0 Å². The van der Waals surface area contributed by atoms with Crippen LogP contribution in [0.4, 0.5) is 10.4 Å². The van der Waals surface area contributed by atoms with Gasteiger partial charge in [-0.3, -0.25) is 14.8 Å². The number of aryl methyl sites for hydroxylation is 2. The third-order valence-corrected chi connectivity index (χ3v) is 3.17. The van der Waals surface area contributed by atoms with Crippen molar-refractivity contribution in [2.75, 3.05) is 5.32 Å². The minimum atomic E-state index is -0.345. The number of anilines is 1. The fourth-order valence-electron chi connectivity index (χ4n) is 2.14. The van der Waals surface area contributed by atoms with Gasteiger partial charge in [-0.2, -0.15) is 5.10 Å². The molecule has 0 saturated carbocycles. The number of amides is 1. The normalized spacial score (nSPS) is 10.7. The summed E-state index contributed by atoms with van der Waals surface area (Å²) in [5.74, 6) is -0.402. The molecule has 1 aromatic carbocycles. The van der Waals surface area contributed by atoms with Gasteiger partial charge in [-0.15, -0.1) is 5.10 Å². The Morgan fingerprint density at radius 2 is 2.04 bits per heavy atom. The van der Waals surface area contributed by atoms with Crippen LogP contribution in [0.15, 0.2) is 34.7 Å². The summed E-state index contributed by atoms with van der Waals surface area (Å²) in [5, 5.41) is 14.4. The van der Waals surface area contributed by atoms with Crippen LogP contribution in [0.25, 0.3) is 11.6 Å². The number of hydrogen-bond donors (Lipinski definition) is 1. The zero-order valence-electron chi connectivity index (χ0n) is 12.6. The number of rotatable bonds is 4. The molecular formula is C15H14FN5O2. The minimum Gasteiger partial charge on any atom is -0.401 e. The van der Waals surface area contributed by atoms with E-state index in [4.69, 9.17) is 4.42 Å². The van der Waals surface area contributed by atoms with Gasteiger partial charge in [-0.1, -0.05) is 17.2 Å². The smallest absolute Gasteiger partial charge is 0.322 e. The Morgan fingerprint density at radius 1 is 1.30 bits per heavy atom. The Balaban J connectivity index is 1.68. The molecule has 0 aliphatic heterocycles. The van der Waals surface area contributed by atoms with Crippen molar-refractivity contribution in [3.05, 3.63) is 47.4 Å². The Labute approximate surface area is 131 Å². The standard InChI is InChI=1S/C15H14FN5O2/c1-9-7-12(21(2)20-9)14-18-19-15(23-14)17-13(22)8-10-3-5-11(16)6-4-10/h3-7H,8H2,1-2H3,(H,17,19,22). The van der Waals surface area contributed by atoms with E-state index >= 15 is 0 Å². The van der Waals surface area contributed by atoms with Gasteiger partial charge in [0.25, 0.3) is 5.89 Å². The van der Waals surface area contributed by atoms with Crippen LogP contribution in [0.5, 0.6) is 0 Å². The minimum absolute atomic E-state index is 0.00552. The first-order chi connectivity index (χ1) is 11.0. The zero-order chi connectivity index (χ0) is 16.4. The van der Waals surface area contributed by atoms with Gasteiger partial charge in [0, 0.05) is 7.05 Å². The molecule has 0 unspecified atom stereocenters. The third kappa shape index (κ3) is 3.42. The van der Waals surface area contributed by atoms with Crippen molar-refractivity contribution < 1.29 is 13.6 Å². The lowest BCUT2D eigenvalue weighted by Gasteiger charge is -2.01. The highest BCUT2D eigenvalue weighted by Crippen LogP contribution is 2.20. The lowest BCUT2D eigenvalue weighted by atomic mass is 10.1. The largest absolute Gasteiger partial charge is 0.401 e. The molecule has 0 radical (unpaired) electrons. The van der Waals surface area contributed by atoms with Gasteiger partial charge in [-0.05, 0) is 30.7 Å². The van der Waals surface area contributed by atoms with E-state index < -0.39 is 0 Å². The maximum atomic E-state index is 12.8. The Bertz CT molecular complexity index is 838. The molecule has 0 saturated heterocycles. The fraction of sp³-hybridized carbons (Fsp3) is 0.200. The maximum absolute atomic E-state index is 12.8. The molecule has 0 aliphatic carbocycles. The zero-order valence-corrected chi connectivity index (χ0v) is 12.6. The summed E-state index contributed by atoms with van der Waals surface area (Å²) in [4.78, 5) is 11.9. The molecule has 0 fully saturated rings. The second-order valence-corrected chi connectivity index (χ2v) is 5.06. The lowest BCUT2D eigenvalue weighted by Crippen LogP contribution is -2.14. The number of nitrogens with zero attached hydrogens (tertiary/aromatic N) is 4. The molecule has 118 valence electrons. The van der Waals surface area contributed by atoms with Crippen molar-refractivity contribution in [3.63, 3.8) is 0 Å². The van der Waals surface area contributed by atoms with Gasteiger partial charge in [0.15, 0.2) is 0 Å². The number of carbonyl (C=O) groups excluding carboxylic acids is 1.